The van der Waals surface area contributed by atoms with Crippen molar-refractivity contribution in [3.05, 3.63) is 0 Å². The Labute approximate surface area is 82.2 Å². The number of nitrogens with one attached hydrogen (secondary N) is 1. The lowest BCUT2D eigenvalue weighted by atomic mass is 9.79. The van der Waals surface area contributed by atoms with Gasteiger partial charge in [0.05, 0.1) is 0 Å². The number of rotatable bonds is 5. The van der Waals surface area contributed by atoms with Crippen LogP contribution in [0.15, 0.2) is 0 Å². The second kappa shape index (κ2) is 5.61. The Hall–Kier alpha value is -0.0800. The Bertz CT molecular complexity index is 128. The van der Waals surface area contributed by atoms with E-state index in [0.29, 0.717) is 5.54 Å². The summed E-state index contributed by atoms with van der Waals surface area (Å²) in [6.07, 6.45) is 12.0. The van der Waals surface area contributed by atoms with E-state index in [1.54, 1.807) is 0 Å². The van der Waals surface area contributed by atoms with Crippen molar-refractivity contribution >= 4 is 0 Å². The molecule has 0 bridgehead atoms. The number of unbranched alkanes of at least 4 members (excludes halogenated alkanes) is 2. The molecule has 13 heavy (non-hydrogen) atoms. The second-order valence-corrected chi connectivity index (χ2v) is 4.44. The first-order valence-corrected chi connectivity index (χ1v) is 5.81. The number of hydrazine groups is 1. The van der Waals surface area contributed by atoms with Gasteiger partial charge in [-0.3, -0.25) is 11.3 Å². The fourth-order valence-electron chi connectivity index (χ4n) is 2.41. The van der Waals surface area contributed by atoms with Gasteiger partial charge in [0, 0.05) is 5.54 Å². The minimum Gasteiger partial charge on any atom is -0.271 e. The van der Waals surface area contributed by atoms with Gasteiger partial charge in [-0.05, 0) is 19.3 Å². The molecule has 0 atom stereocenters. The molecule has 0 aromatic heterocycles. The molecule has 1 aliphatic rings. The van der Waals surface area contributed by atoms with Crippen molar-refractivity contribution in [2.75, 3.05) is 0 Å². The van der Waals surface area contributed by atoms with E-state index >= 15 is 0 Å². The molecular formula is C11H24N2. The molecule has 3 N–H and O–H groups in total. The van der Waals surface area contributed by atoms with E-state index in [2.05, 4.69) is 12.3 Å². The molecule has 1 saturated carbocycles. The van der Waals surface area contributed by atoms with Crippen molar-refractivity contribution in [2.45, 2.75) is 70.3 Å². The van der Waals surface area contributed by atoms with Crippen LogP contribution in [-0.4, -0.2) is 5.54 Å². The lowest BCUT2D eigenvalue weighted by molar-refractivity contribution is 0.212. The van der Waals surface area contributed by atoms with E-state index in [0.717, 1.165) is 0 Å². The third kappa shape index (κ3) is 3.28. The van der Waals surface area contributed by atoms with Gasteiger partial charge in [0.2, 0.25) is 0 Å². The maximum absolute atomic E-state index is 5.67. The summed E-state index contributed by atoms with van der Waals surface area (Å²) in [6.45, 7) is 2.25. The maximum atomic E-state index is 5.67. The molecular weight excluding hydrogens is 160 g/mol. The number of hydrogen-bond donors (Lipinski definition) is 2. The molecule has 78 valence electrons. The van der Waals surface area contributed by atoms with Crippen molar-refractivity contribution in [1.29, 1.82) is 0 Å². The summed E-state index contributed by atoms with van der Waals surface area (Å²) < 4.78 is 0. The van der Waals surface area contributed by atoms with E-state index in [1.165, 1.54) is 57.8 Å². The quantitative estimate of drug-likeness (QED) is 0.392. The monoisotopic (exact) mass is 184 g/mol. The minimum absolute atomic E-state index is 0.299. The third-order valence-electron chi connectivity index (χ3n) is 3.38. The lowest BCUT2D eigenvalue weighted by Crippen LogP contribution is -2.50. The molecule has 0 aromatic rings. The standard InChI is InChI=1S/C11H24N2/c1-2-3-5-8-11(13-12)9-6-4-7-10-11/h13H,2-10,12H2,1H3. The van der Waals surface area contributed by atoms with E-state index in [4.69, 9.17) is 5.84 Å². The highest BCUT2D eigenvalue weighted by atomic mass is 15.3. The summed E-state index contributed by atoms with van der Waals surface area (Å²) in [5.41, 5.74) is 3.38. The molecule has 0 radical (unpaired) electrons. The Morgan fingerprint density at radius 1 is 1.15 bits per heavy atom. The van der Waals surface area contributed by atoms with Crippen LogP contribution in [0.1, 0.15) is 64.7 Å². The van der Waals surface area contributed by atoms with Gasteiger partial charge in [-0.25, -0.2) is 0 Å². The molecule has 0 aliphatic heterocycles. The van der Waals surface area contributed by atoms with Gasteiger partial charge in [-0.2, -0.15) is 0 Å². The average Bonchev–Trinajstić information content (AvgIpc) is 2.20. The van der Waals surface area contributed by atoms with Crippen LogP contribution in [0.25, 0.3) is 0 Å². The predicted molar refractivity (Wildman–Crippen MR) is 57.3 cm³/mol. The largest absolute Gasteiger partial charge is 0.271 e. The van der Waals surface area contributed by atoms with Crippen LogP contribution in [0, 0.1) is 0 Å². The molecule has 0 aromatic carbocycles. The molecule has 1 fully saturated rings. The predicted octanol–water partition coefficient (Wildman–Crippen LogP) is 2.73. The van der Waals surface area contributed by atoms with Gasteiger partial charge in [0.15, 0.2) is 0 Å². The molecule has 2 nitrogen and oxygen atoms in total. The van der Waals surface area contributed by atoms with E-state index in [-0.39, 0.29) is 0 Å². The molecule has 0 unspecified atom stereocenters. The van der Waals surface area contributed by atoms with Crippen LogP contribution >= 0.6 is 0 Å². The van der Waals surface area contributed by atoms with Gasteiger partial charge < -0.3 is 0 Å². The summed E-state index contributed by atoms with van der Waals surface area (Å²) >= 11 is 0. The van der Waals surface area contributed by atoms with E-state index < -0.39 is 0 Å². The first-order valence-electron chi connectivity index (χ1n) is 5.81. The van der Waals surface area contributed by atoms with Crippen LogP contribution in [0.4, 0.5) is 0 Å². The fraction of sp³-hybridized carbons (Fsp3) is 1.00. The first kappa shape index (κ1) is 11.0. The SMILES string of the molecule is CCCCCC1(NN)CCCCC1. The number of hydrogen-bond acceptors (Lipinski definition) is 2. The highest BCUT2D eigenvalue weighted by molar-refractivity contribution is 4.88. The summed E-state index contributed by atoms with van der Waals surface area (Å²) in [5, 5.41) is 0. The molecule has 2 heteroatoms. The van der Waals surface area contributed by atoms with Crippen LogP contribution in [0.2, 0.25) is 0 Å². The lowest BCUT2D eigenvalue weighted by Gasteiger charge is -2.36. The van der Waals surface area contributed by atoms with Gasteiger partial charge in [-0.15, -0.1) is 0 Å². The maximum Gasteiger partial charge on any atom is 0.0321 e. The van der Waals surface area contributed by atoms with Crippen LogP contribution in [0.5, 0.6) is 0 Å². The summed E-state index contributed by atoms with van der Waals surface area (Å²) in [7, 11) is 0. The molecule has 0 heterocycles. The molecule has 1 rings (SSSR count). The van der Waals surface area contributed by atoms with Gasteiger partial charge in [-0.1, -0.05) is 45.4 Å². The van der Waals surface area contributed by atoms with Crippen molar-refractivity contribution in [3.8, 4) is 0 Å². The average molecular weight is 184 g/mol. The molecule has 0 saturated heterocycles. The summed E-state index contributed by atoms with van der Waals surface area (Å²) in [6, 6.07) is 0. The molecule has 1 aliphatic carbocycles. The zero-order valence-electron chi connectivity index (χ0n) is 8.94. The zero-order valence-corrected chi connectivity index (χ0v) is 8.94. The Kier molecular flexibility index (Phi) is 4.74. The van der Waals surface area contributed by atoms with Crippen LogP contribution < -0.4 is 11.3 Å². The Morgan fingerprint density at radius 2 is 1.85 bits per heavy atom. The van der Waals surface area contributed by atoms with Gasteiger partial charge in [0.25, 0.3) is 0 Å². The topological polar surface area (TPSA) is 38.0 Å². The van der Waals surface area contributed by atoms with Crippen molar-refractivity contribution in [3.63, 3.8) is 0 Å². The van der Waals surface area contributed by atoms with Crippen molar-refractivity contribution in [1.82, 2.24) is 5.43 Å². The van der Waals surface area contributed by atoms with Crippen LogP contribution in [-0.2, 0) is 0 Å². The molecule has 0 spiro atoms. The zero-order chi connectivity index (χ0) is 9.57. The van der Waals surface area contributed by atoms with Gasteiger partial charge in [0.1, 0.15) is 0 Å². The summed E-state index contributed by atoms with van der Waals surface area (Å²) in [5.74, 6) is 5.67. The van der Waals surface area contributed by atoms with E-state index in [9.17, 15) is 0 Å². The van der Waals surface area contributed by atoms with Crippen LogP contribution in [0.3, 0.4) is 0 Å². The van der Waals surface area contributed by atoms with Crippen molar-refractivity contribution < 1.29 is 0 Å². The highest BCUT2D eigenvalue weighted by Crippen LogP contribution is 2.31. The Morgan fingerprint density at radius 3 is 2.38 bits per heavy atom. The minimum atomic E-state index is 0.299. The summed E-state index contributed by atoms with van der Waals surface area (Å²) in [4.78, 5) is 0. The first-order chi connectivity index (χ1) is 6.33. The van der Waals surface area contributed by atoms with E-state index in [1.807, 2.05) is 0 Å². The highest BCUT2D eigenvalue weighted by Gasteiger charge is 2.29. The normalized spacial score (nSPS) is 21.7. The van der Waals surface area contributed by atoms with Gasteiger partial charge >= 0.3 is 0 Å². The third-order valence-corrected chi connectivity index (χ3v) is 3.38. The van der Waals surface area contributed by atoms with Crippen molar-refractivity contribution in [2.24, 2.45) is 5.84 Å². The fourth-order valence-corrected chi connectivity index (χ4v) is 2.41. The second-order valence-electron chi connectivity index (χ2n) is 4.44. The number of nitrogens with two attached hydrogens (primary N) is 1. The molecule has 0 amide bonds. The smallest absolute Gasteiger partial charge is 0.0321 e. The Balaban J connectivity index is 2.29.